The van der Waals surface area contributed by atoms with Gasteiger partial charge in [0.25, 0.3) is 5.91 Å². The molecule has 0 heterocycles. The molecule has 94 valence electrons. The van der Waals surface area contributed by atoms with Crippen molar-refractivity contribution in [2.75, 3.05) is 26.0 Å². The van der Waals surface area contributed by atoms with E-state index in [-0.39, 0.29) is 5.56 Å². The van der Waals surface area contributed by atoms with Crippen molar-refractivity contribution in [1.29, 1.82) is 0 Å². The van der Waals surface area contributed by atoms with E-state index in [0.717, 1.165) is 0 Å². The Kier molecular flexibility index (Phi) is 4.90. The molecular formula is C12H17FN2O2. The minimum absolute atomic E-state index is 0.0140. The number of nitrogen functional groups attached to an aromatic ring is 1. The third-order valence-electron chi connectivity index (χ3n) is 2.33. The Morgan fingerprint density at radius 2 is 2.24 bits per heavy atom. The monoisotopic (exact) mass is 240 g/mol. The van der Waals surface area contributed by atoms with Crippen molar-refractivity contribution in [3.63, 3.8) is 0 Å². The molecule has 1 aromatic carbocycles. The number of hydrogen-bond acceptors (Lipinski definition) is 3. The maximum atomic E-state index is 13.7. The SMILES string of the molecule is COCCCNC(=O)c1cc(N)cc(C)c1F. The zero-order valence-corrected chi connectivity index (χ0v) is 10.0. The van der Waals surface area contributed by atoms with Crippen molar-refractivity contribution < 1.29 is 13.9 Å². The largest absolute Gasteiger partial charge is 0.399 e. The Morgan fingerprint density at radius 3 is 2.88 bits per heavy atom. The first-order valence-electron chi connectivity index (χ1n) is 5.39. The van der Waals surface area contributed by atoms with Crippen LogP contribution in [0.2, 0.25) is 0 Å². The summed E-state index contributed by atoms with van der Waals surface area (Å²) in [5.41, 5.74) is 6.31. The van der Waals surface area contributed by atoms with E-state index in [0.29, 0.717) is 30.8 Å². The van der Waals surface area contributed by atoms with E-state index in [1.807, 2.05) is 0 Å². The molecule has 17 heavy (non-hydrogen) atoms. The molecule has 3 N–H and O–H groups in total. The van der Waals surface area contributed by atoms with E-state index in [1.165, 1.54) is 12.1 Å². The lowest BCUT2D eigenvalue weighted by atomic mass is 10.1. The van der Waals surface area contributed by atoms with E-state index in [1.54, 1.807) is 14.0 Å². The van der Waals surface area contributed by atoms with Crippen LogP contribution in [-0.2, 0) is 4.74 Å². The molecule has 0 spiro atoms. The smallest absolute Gasteiger partial charge is 0.254 e. The highest BCUT2D eigenvalue weighted by Gasteiger charge is 2.13. The Bertz CT molecular complexity index is 408. The van der Waals surface area contributed by atoms with Crippen LogP contribution in [0.1, 0.15) is 22.3 Å². The summed E-state index contributed by atoms with van der Waals surface area (Å²) in [5, 5.41) is 2.61. The molecule has 1 amide bonds. The lowest BCUT2D eigenvalue weighted by molar-refractivity contribution is 0.0944. The second-order valence-electron chi connectivity index (χ2n) is 3.80. The van der Waals surface area contributed by atoms with Crippen LogP contribution < -0.4 is 11.1 Å². The van der Waals surface area contributed by atoms with Gasteiger partial charge in [-0.3, -0.25) is 4.79 Å². The number of ether oxygens (including phenoxy) is 1. The highest BCUT2D eigenvalue weighted by atomic mass is 19.1. The molecule has 0 bridgehead atoms. The van der Waals surface area contributed by atoms with Crippen molar-refractivity contribution in [3.8, 4) is 0 Å². The van der Waals surface area contributed by atoms with Crippen LogP contribution in [0.3, 0.4) is 0 Å². The van der Waals surface area contributed by atoms with E-state index in [9.17, 15) is 9.18 Å². The summed E-state index contributed by atoms with van der Waals surface area (Å²) < 4.78 is 18.5. The molecule has 0 saturated heterocycles. The summed E-state index contributed by atoms with van der Waals surface area (Å²) in [6.07, 6.45) is 0.686. The van der Waals surface area contributed by atoms with Crippen LogP contribution in [-0.4, -0.2) is 26.2 Å². The molecule has 0 aromatic heterocycles. The van der Waals surface area contributed by atoms with Gasteiger partial charge in [-0.2, -0.15) is 0 Å². The van der Waals surface area contributed by atoms with Crippen molar-refractivity contribution in [2.45, 2.75) is 13.3 Å². The van der Waals surface area contributed by atoms with Gasteiger partial charge in [-0.05, 0) is 31.0 Å². The number of rotatable bonds is 5. The lowest BCUT2D eigenvalue weighted by Crippen LogP contribution is -2.26. The summed E-state index contributed by atoms with van der Waals surface area (Å²) in [4.78, 5) is 11.7. The number of benzene rings is 1. The van der Waals surface area contributed by atoms with Crippen molar-refractivity contribution >= 4 is 11.6 Å². The van der Waals surface area contributed by atoms with Crippen LogP contribution >= 0.6 is 0 Å². The third kappa shape index (κ3) is 3.71. The second-order valence-corrected chi connectivity index (χ2v) is 3.80. The number of anilines is 1. The zero-order chi connectivity index (χ0) is 12.8. The highest BCUT2D eigenvalue weighted by molar-refractivity contribution is 5.95. The van der Waals surface area contributed by atoms with Crippen LogP contribution in [0.5, 0.6) is 0 Å². The van der Waals surface area contributed by atoms with Crippen LogP contribution in [0.4, 0.5) is 10.1 Å². The molecule has 0 unspecified atom stereocenters. The minimum atomic E-state index is -0.525. The molecule has 0 fully saturated rings. The Hall–Kier alpha value is -1.62. The van der Waals surface area contributed by atoms with Gasteiger partial charge in [-0.1, -0.05) is 0 Å². The van der Waals surface area contributed by atoms with Gasteiger partial charge in [0.1, 0.15) is 5.82 Å². The van der Waals surface area contributed by atoms with Crippen LogP contribution in [0.25, 0.3) is 0 Å². The summed E-state index contributed by atoms with van der Waals surface area (Å²) in [6.45, 7) is 2.58. The molecule has 0 aliphatic rings. The first-order valence-corrected chi connectivity index (χ1v) is 5.39. The molecule has 1 rings (SSSR count). The highest BCUT2D eigenvalue weighted by Crippen LogP contribution is 2.16. The number of carbonyl (C=O) groups is 1. The van der Waals surface area contributed by atoms with E-state index >= 15 is 0 Å². The normalized spacial score (nSPS) is 10.3. The summed E-state index contributed by atoms with van der Waals surface area (Å²) in [5.74, 6) is -0.975. The average molecular weight is 240 g/mol. The number of carbonyl (C=O) groups excluding carboxylic acids is 1. The topological polar surface area (TPSA) is 64.3 Å². The quantitative estimate of drug-likeness (QED) is 0.605. The maximum Gasteiger partial charge on any atom is 0.254 e. The van der Waals surface area contributed by atoms with Crippen LogP contribution in [0, 0.1) is 12.7 Å². The molecule has 0 atom stereocenters. The first-order chi connectivity index (χ1) is 8.06. The maximum absolute atomic E-state index is 13.7. The fraction of sp³-hybridized carbons (Fsp3) is 0.417. The predicted octanol–water partition coefficient (Wildman–Crippen LogP) is 1.48. The van der Waals surface area contributed by atoms with Gasteiger partial charge >= 0.3 is 0 Å². The Labute approximate surface area is 100.0 Å². The lowest BCUT2D eigenvalue weighted by Gasteiger charge is -2.08. The number of aryl methyl sites for hydroxylation is 1. The summed E-state index contributed by atoms with van der Waals surface area (Å²) in [7, 11) is 1.59. The van der Waals surface area contributed by atoms with Crippen molar-refractivity contribution in [1.82, 2.24) is 5.32 Å². The van der Waals surface area contributed by atoms with E-state index in [4.69, 9.17) is 10.5 Å². The standard InChI is InChI=1S/C12H17FN2O2/c1-8-6-9(14)7-10(11(8)13)12(16)15-4-3-5-17-2/h6-7H,3-5,14H2,1-2H3,(H,15,16). The zero-order valence-electron chi connectivity index (χ0n) is 10.0. The Morgan fingerprint density at radius 1 is 1.53 bits per heavy atom. The molecule has 0 radical (unpaired) electrons. The van der Waals surface area contributed by atoms with Crippen LogP contribution in [0.15, 0.2) is 12.1 Å². The fourth-order valence-electron chi connectivity index (χ4n) is 1.48. The van der Waals surface area contributed by atoms with Gasteiger partial charge in [0.2, 0.25) is 0 Å². The number of methoxy groups -OCH3 is 1. The van der Waals surface area contributed by atoms with Gasteiger partial charge in [0.15, 0.2) is 0 Å². The van der Waals surface area contributed by atoms with Gasteiger partial charge < -0.3 is 15.8 Å². The molecule has 1 aromatic rings. The molecule has 0 saturated carbocycles. The number of halogens is 1. The number of amides is 1. The molecule has 5 heteroatoms. The number of nitrogens with one attached hydrogen (secondary N) is 1. The van der Waals surface area contributed by atoms with E-state index in [2.05, 4.69) is 5.32 Å². The van der Waals surface area contributed by atoms with Gasteiger partial charge in [0.05, 0.1) is 5.56 Å². The molecule has 4 nitrogen and oxygen atoms in total. The number of hydrogen-bond donors (Lipinski definition) is 2. The molecular weight excluding hydrogens is 223 g/mol. The molecule has 0 aliphatic carbocycles. The number of nitrogens with two attached hydrogens (primary N) is 1. The van der Waals surface area contributed by atoms with Crippen molar-refractivity contribution in [3.05, 3.63) is 29.1 Å². The predicted molar refractivity (Wildman–Crippen MR) is 64.4 cm³/mol. The molecule has 0 aliphatic heterocycles. The van der Waals surface area contributed by atoms with E-state index < -0.39 is 11.7 Å². The van der Waals surface area contributed by atoms with Crippen molar-refractivity contribution in [2.24, 2.45) is 0 Å². The Balaban J connectivity index is 2.69. The first kappa shape index (κ1) is 13.4. The average Bonchev–Trinajstić information content (AvgIpc) is 2.29. The minimum Gasteiger partial charge on any atom is -0.399 e. The fourth-order valence-corrected chi connectivity index (χ4v) is 1.48. The second kappa shape index (κ2) is 6.20. The summed E-state index contributed by atoms with van der Waals surface area (Å²) >= 11 is 0. The third-order valence-corrected chi connectivity index (χ3v) is 2.33. The summed E-state index contributed by atoms with van der Waals surface area (Å²) in [6, 6.07) is 2.84. The van der Waals surface area contributed by atoms with Gasteiger partial charge in [-0.15, -0.1) is 0 Å². The van der Waals surface area contributed by atoms with Gasteiger partial charge in [0, 0.05) is 25.9 Å². The van der Waals surface area contributed by atoms with Gasteiger partial charge in [-0.25, -0.2) is 4.39 Å².